The third-order valence-electron chi connectivity index (χ3n) is 1.54. The van der Waals surface area contributed by atoms with Crippen LogP contribution in [0.25, 0.3) is 0 Å². The second-order valence-corrected chi connectivity index (χ2v) is 2.75. The molecule has 11 heavy (non-hydrogen) atoms. The van der Waals surface area contributed by atoms with Gasteiger partial charge in [-0.2, -0.15) is 0 Å². The summed E-state index contributed by atoms with van der Waals surface area (Å²) in [6.07, 6.45) is 5.06. The molecule has 0 saturated heterocycles. The fourth-order valence-electron chi connectivity index (χ4n) is 0.827. The highest BCUT2D eigenvalue weighted by Gasteiger charge is 2.20. The Morgan fingerprint density at radius 1 is 1.45 bits per heavy atom. The first-order valence-corrected chi connectivity index (χ1v) is 3.55. The molecule has 1 aromatic rings. The van der Waals surface area contributed by atoms with Gasteiger partial charge in [-0.05, 0) is 13.8 Å². The summed E-state index contributed by atoms with van der Waals surface area (Å²) in [5.74, 6) is 0. The molecule has 0 aliphatic heterocycles. The van der Waals surface area contributed by atoms with Crippen LogP contribution >= 0.6 is 0 Å². The Morgan fingerprint density at radius 3 is 2.36 bits per heavy atom. The van der Waals surface area contributed by atoms with Crippen molar-refractivity contribution in [3.8, 4) is 0 Å². The SMILES string of the molecule is CC(C)n1cc[n+](B(O)O)c1. The molecule has 0 amide bonds. The Balaban J connectivity index is 2.82. The summed E-state index contributed by atoms with van der Waals surface area (Å²) in [5, 5.41) is 17.4. The predicted octanol–water partition coefficient (Wildman–Crippen LogP) is -0.826. The van der Waals surface area contributed by atoms with Crippen molar-refractivity contribution in [1.29, 1.82) is 0 Å². The maximum atomic E-state index is 8.72. The molecule has 1 rings (SSSR count). The Bertz CT molecular complexity index is 212. The zero-order chi connectivity index (χ0) is 8.43. The van der Waals surface area contributed by atoms with Crippen molar-refractivity contribution in [3.63, 3.8) is 0 Å². The molecule has 0 fully saturated rings. The van der Waals surface area contributed by atoms with E-state index in [0.717, 1.165) is 0 Å². The fraction of sp³-hybridized carbons (Fsp3) is 0.500. The molecule has 1 aromatic heterocycles. The van der Waals surface area contributed by atoms with Gasteiger partial charge in [0.2, 0.25) is 6.33 Å². The molecule has 0 unspecified atom stereocenters. The summed E-state index contributed by atoms with van der Waals surface area (Å²) in [5.41, 5.74) is 0. The van der Waals surface area contributed by atoms with Gasteiger partial charge in [0.25, 0.3) is 0 Å². The largest absolute Gasteiger partial charge is 0.720 e. The minimum absolute atomic E-state index is 0.343. The first-order chi connectivity index (χ1) is 5.11. The zero-order valence-corrected chi connectivity index (χ0v) is 6.68. The van der Waals surface area contributed by atoms with Crippen LogP contribution in [0.1, 0.15) is 19.9 Å². The molecule has 0 aliphatic rings. The minimum atomic E-state index is -1.44. The molecule has 0 bridgehead atoms. The molecule has 0 aromatic carbocycles. The van der Waals surface area contributed by atoms with Crippen LogP contribution in [0.15, 0.2) is 18.7 Å². The highest BCUT2D eigenvalue weighted by molar-refractivity contribution is 6.29. The van der Waals surface area contributed by atoms with Crippen molar-refractivity contribution >= 4 is 7.25 Å². The Morgan fingerprint density at radius 2 is 2.09 bits per heavy atom. The van der Waals surface area contributed by atoms with Crippen LogP contribution in [0.3, 0.4) is 0 Å². The van der Waals surface area contributed by atoms with Crippen LogP contribution in [0.2, 0.25) is 0 Å². The van der Waals surface area contributed by atoms with Crippen LogP contribution in [0, 0.1) is 0 Å². The molecule has 0 radical (unpaired) electrons. The Labute approximate surface area is 65.9 Å². The van der Waals surface area contributed by atoms with E-state index in [2.05, 4.69) is 0 Å². The van der Waals surface area contributed by atoms with Crippen molar-refractivity contribution in [1.82, 2.24) is 4.57 Å². The maximum Gasteiger partial charge on any atom is 0.720 e. The predicted molar refractivity (Wildman–Crippen MR) is 40.6 cm³/mol. The lowest BCUT2D eigenvalue weighted by molar-refractivity contribution is -0.562. The molecule has 0 saturated carbocycles. The normalized spacial score (nSPS) is 10.6. The maximum absolute atomic E-state index is 8.72. The van der Waals surface area contributed by atoms with Crippen LogP contribution in [-0.2, 0) is 0 Å². The van der Waals surface area contributed by atoms with Gasteiger partial charge in [-0.1, -0.05) is 0 Å². The first kappa shape index (κ1) is 8.29. The summed E-state index contributed by atoms with van der Waals surface area (Å²) < 4.78 is 3.21. The highest BCUT2D eigenvalue weighted by atomic mass is 16.4. The van der Waals surface area contributed by atoms with E-state index >= 15 is 0 Å². The molecule has 1 heterocycles. The van der Waals surface area contributed by atoms with Crippen molar-refractivity contribution in [2.24, 2.45) is 0 Å². The van der Waals surface area contributed by atoms with E-state index in [1.807, 2.05) is 18.4 Å². The highest BCUT2D eigenvalue weighted by Crippen LogP contribution is 1.99. The smallest absolute Gasteiger partial charge is 0.385 e. The van der Waals surface area contributed by atoms with Crippen molar-refractivity contribution < 1.29 is 14.5 Å². The zero-order valence-electron chi connectivity index (χ0n) is 6.68. The third-order valence-corrected chi connectivity index (χ3v) is 1.54. The number of rotatable bonds is 2. The lowest BCUT2D eigenvalue weighted by atomic mass is 10.1. The quantitative estimate of drug-likeness (QED) is 0.548. The van der Waals surface area contributed by atoms with Gasteiger partial charge in [-0.25, -0.2) is 9.05 Å². The van der Waals surface area contributed by atoms with E-state index in [1.165, 1.54) is 4.48 Å². The number of imidazole rings is 1. The molecule has 0 atom stereocenters. The van der Waals surface area contributed by atoms with E-state index in [1.54, 1.807) is 18.7 Å². The summed E-state index contributed by atoms with van der Waals surface area (Å²) in [6.45, 7) is 4.04. The second-order valence-electron chi connectivity index (χ2n) is 2.75. The van der Waals surface area contributed by atoms with Gasteiger partial charge in [-0.15, -0.1) is 0 Å². The molecule has 60 valence electrons. The Hall–Kier alpha value is -0.805. The molecule has 0 aliphatic carbocycles. The van der Waals surface area contributed by atoms with E-state index in [0.29, 0.717) is 6.04 Å². The standard InChI is InChI=1S/C6H12BN2O2/c1-6(2)8-3-4-9(5-8)7(10)11/h3-6,10-11H,1-2H3/q+1. The molecule has 5 heteroatoms. The summed E-state index contributed by atoms with van der Waals surface area (Å²) in [4.78, 5) is 0. The number of hydrogen-bond donors (Lipinski definition) is 2. The number of hydrogen-bond acceptors (Lipinski definition) is 2. The second kappa shape index (κ2) is 3.06. The van der Waals surface area contributed by atoms with E-state index in [-0.39, 0.29) is 0 Å². The van der Waals surface area contributed by atoms with Gasteiger partial charge in [0, 0.05) is 0 Å². The third kappa shape index (κ3) is 1.81. The fourth-order valence-corrected chi connectivity index (χ4v) is 0.827. The van der Waals surface area contributed by atoms with Crippen molar-refractivity contribution in [3.05, 3.63) is 18.7 Å². The number of aromatic nitrogens is 2. The van der Waals surface area contributed by atoms with E-state index in [9.17, 15) is 0 Å². The van der Waals surface area contributed by atoms with Crippen molar-refractivity contribution in [2.45, 2.75) is 19.9 Å². The topological polar surface area (TPSA) is 49.3 Å². The first-order valence-electron chi connectivity index (χ1n) is 3.55. The van der Waals surface area contributed by atoms with Gasteiger partial charge in [-0.3, -0.25) is 0 Å². The molecule has 2 N–H and O–H groups in total. The lowest BCUT2D eigenvalue weighted by Crippen LogP contribution is -2.50. The van der Waals surface area contributed by atoms with Gasteiger partial charge in [0.15, 0.2) is 0 Å². The minimum Gasteiger partial charge on any atom is -0.385 e. The average Bonchev–Trinajstić information content (AvgIpc) is 2.33. The van der Waals surface area contributed by atoms with Crippen LogP contribution in [-0.4, -0.2) is 21.9 Å². The van der Waals surface area contributed by atoms with Crippen LogP contribution in [0.4, 0.5) is 0 Å². The Kier molecular flexibility index (Phi) is 2.31. The summed E-state index contributed by atoms with van der Waals surface area (Å²) in [6, 6.07) is 0.343. The van der Waals surface area contributed by atoms with E-state index < -0.39 is 7.25 Å². The molecule has 4 nitrogen and oxygen atoms in total. The van der Waals surface area contributed by atoms with E-state index in [4.69, 9.17) is 10.0 Å². The van der Waals surface area contributed by atoms with Gasteiger partial charge in [0.1, 0.15) is 12.4 Å². The van der Waals surface area contributed by atoms with Crippen LogP contribution < -0.4 is 4.48 Å². The molecular weight excluding hydrogens is 143 g/mol. The summed E-state index contributed by atoms with van der Waals surface area (Å²) >= 11 is 0. The van der Waals surface area contributed by atoms with Gasteiger partial charge >= 0.3 is 7.25 Å². The van der Waals surface area contributed by atoms with Crippen LogP contribution in [0.5, 0.6) is 0 Å². The molecule has 0 spiro atoms. The lowest BCUT2D eigenvalue weighted by Gasteiger charge is -1.96. The summed E-state index contributed by atoms with van der Waals surface area (Å²) in [7, 11) is -1.44. The number of nitrogens with zero attached hydrogens (tertiary/aromatic N) is 2. The van der Waals surface area contributed by atoms with Crippen molar-refractivity contribution in [2.75, 3.05) is 0 Å². The van der Waals surface area contributed by atoms with Gasteiger partial charge < -0.3 is 10.0 Å². The molecular formula is C6H12BN2O2+. The van der Waals surface area contributed by atoms with Gasteiger partial charge in [0.05, 0.1) is 6.04 Å². The average molecular weight is 155 g/mol. The monoisotopic (exact) mass is 155 g/mol.